The number of allylic oxidation sites excluding steroid dienone is 4. The first-order chi connectivity index (χ1) is 10.1. The lowest BCUT2D eigenvalue weighted by Crippen LogP contribution is -2.25. The van der Waals surface area contributed by atoms with Crippen LogP contribution in [-0.2, 0) is 9.59 Å². The third-order valence-corrected chi connectivity index (χ3v) is 5.74. The van der Waals surface area contributed by atoms with Crippen LogP contribution in [-0.4, -0.2) is 11.6 Å². The van der Waals surface area contributed by atoms with E-state index in [2.05, 4.69) is 13.0 Å². The molecule has 3 aliphatic rings. The zero-order valence-corrected chi connectivity index (χ0v) is 13.3. The lowest BCUT2D eigenvalue weighted by atomic mass is 9.76. The molecule has 0 amide bonds. The molecular formula is C19H26O2. The highest BCUT2D eigenvalue weighted by atomic mass is 16.1. The van der Waals surface area contributed by atoms with Gasteiger partial charge in [0.15, 0.2) is 5.78 Å². The molecule has 0 unspecified atom stereocenters. The summed E-state index contributed by atoms with van der Waals surface area (Å²) in [5, 5.41) is 0. The molecule has 3 atom stereocenters. The van der Waals surface area contributed by atoms with Crippen molar-refractivity contribution < 1.29 is 9.59 Å². The molecule has 114 valence electrons. The highest BCUT2D eigenvalue weighted by molar-refractivity contribution is 6.00. The van der Waals surface area contributed by atoms with Gasteiger partial charge in [-0.1, -0.05) is 31.4 Å². The summed E-state index contributed by atoms with van der Waals surface area (Å²) in [6.07, 6.45) is 10.4. The van der Waals surface area contributed by atoms with Crippen molar-refractivity contribution in [3.63, 3.8) is 0 Å². The average molecular weight is 286 g/mol. The van der Waals surface area contributed by atoms with Gasteiger partial charge in [0.05, 0.1) is 0 Å². The molecule has 0 bridgehead atoms. The molecule has 0 aromatic heterocycles. The predicted molar refractivity (Wildman–Crippen MR) is 83.9 cm³/mol. The molecule has 0 aromatic carbocycles. The van der Waals surface area contributed by atoms with Crippen molar-refractivity contribution in [1.82, 2.24) is 0 Å². The summed E-state index contributed by atoms with van der Waals surface area (Å²) in [6, 6.07) is 0. The zero-order valence-electron chi connectivity index (χ0n) is 13.3. The van der Waals surface area contributed by atoms with Gasteiger partial charge in [0.1, 0.15) is 5.78 Å². The van der Waals surface area contributed by atoms with Crippen molar-refractivity contribution in [2.75, 3.05) is 0 Å². The number of fused-ring (bicyclic) bond motifs is 2. The number of rotatable bonds is 3. The van der Waals surface area contributed by atoms with Gasteiger partial charge in [0.25, 0.3) is 0 Å². The number of ketones is 2. The number of unbranched alkanes of at least 4 members (excludes halogenated alkanes) is 1. The molecule has 0 aliphatic heterocycles. The van der Waals surface area contributed by atoms with Crippen molar-refractivity contribution in [2.45, 2.75) is 65.2 Å². The molecule has 21 heavy (non-hydrogen) atoms. The van der Waals surface area contributed by atoms with E-state index in [4.69, 9.17) is 0 Å². The largest absolute Gasteiger partial charge is 0.299 e. The van der Waals surface area contributed by atoms with Crippen LogP contribution >= 0.6 is 0 Å². The number of carbonyl (C=O) groups excluding carboxylic acids is 2. The van der Waals surface area contributed by atoms with Gasteiger partial charge in [0, 0.05) is 18.8 Å². The third kappa shape index (κ3) is 2.65. The van der Waals surface area contributed by atoms with Gasteiger partial charge < -0.3 is 0 Å². The summed E-state index contributed by atoms with van der Waals surface area (Å²) in [5.74, 6) is 1.54. The van der Waals surface area contributed by atoms with Gasteiger partial charge in [-0.25, -0.2) is 0 Å². The van der Waals surface area contributed by atoms with E-state index in [0.717, 1.165) is 24.8 Å². The van der Waals surface area contributed by atoms with Crippen LogP contribution in [0, 0.1) is 17.8 Å². The molecule has 3 rings (SSSR count). The van der Waals surface area contributed by atoms with E-state index >= 15 is 0 Å². The van der Waals surface area contributed by atoms with E-state index in [-0.39, 0.29) is 17.6 Å². The van der Waals surface area contributed by atoms with Crippen LogP contribution in [0.25, 0.3) is 0 Å². The summed E-state index contributed by atoms with van der Waals surface area (Å²) in [4.78, 5) is 24.7. The van der Waals surface area contributed by atoms with E-state index in [1.54, 1.807) is 0 Å². The second kappa shape index (κ2) is 5.90. The van der Waals surface area contributed by atoms with Crippen LogP contribution in [0.3, 0.4) is 0 Å². The second-order valence-corrected chi connectivity index (χ2v) is 7.04. The van der Waals surface area contributed by atoms with Gasteiger partial charge in [-0.15, -0.1) is 0 Å². The van der Waals surface area contributed by atoms with Crippen LogP contribution in [0.4, 0.5) is 0 Å². The number of Topliss-reactive ketones (excluding diaryl/α,β-unsaturated/α-hetero) is 2. The highest BCUT2D eigenvalue weighted by Crippen LogP contribution is 2.45. The van der Waals surface area contributed by atoms with Crippen LogP contribution in [0.2, 0.25) is 0 Å². The number of hydrogen-bond donors (Lipinski definition) is 0. The Balaban J connectivity index is 2.01. The minimum Gasteiger partial charge on any atom is -0.299 e. The lowest BCUT2D eigenvalue weighted by molar-refractivity contribution is -0.124. The fourth-order valence-corrected chi connectivity index (χ4v) is 4.49. The summed E-state index contributed by atoms with van der Waals surface area (Å²) >= 11 is 0. The molecule has 1 fully saturated rings. The third-order valence-electron chi connectivity index (χ3n) is 5.74. The van der Waals surface area contributed by atoms with Crippen LogP contribution in [0.15, 0.2) is 22.8 Å². The first kappa shape index (κ1) is 14.7. The van der Waals surface area contributed by atoms with E-state index in [1.807, 2.05) is 6.92 Å². The Morgan fingerprint density at radius 2 is 1.90 bits per heavy atom. The van der Waals surface area contributed by atoms with Crippen molar-refractivity contribution in [3.8, 4) is 0 Å². The minimum atomic E-state index is 0.170. The minimum absolute atomic E-state index is 0.170. The van der Waals surface area contributed by atoms with Gasteiger partial charge in [-0.05, 0) is 55.6 Å². The number of hydrogen-bond acceptors (Lipinski definition) is 2. The molecule has 0 spiro atoms. The van der Waals surface area contributed by atoms with Crippen LogP contribution in [0.5, 0.6) is 0 Å². The lowest BCUT2D eigenvalue weighted by Gasteiger charge is -2.27. The Hall–Kier alpha value is -1.18. The molecule has 0 aromatic rings. The fourth-order valence-electron chi connectivity index (χ4n) is 4.49. The first-order valence-corrected chi connectivity index (χ1v) is 8.59. The molecular weight excluding hydrogens is 260 g/mol. The zero-order chi connectivity index (χ0) is 15.0. The van der Waals surface area contributed by atoms with E-state index in [9.17, 15) is 9.59 Å². The molecule has 0 N–H and O–H groups in total. The predicted octanol–water partition coefficient (Wildman–Crippen LogP) is 4.40. The Morgan fingerprint density at radius 1 is 1.14 bits per heavy atom. The maximum absolute atomic E-state index is 12.7. The Kier molecular flexibility index (Phi) is 4.14. The molecule has 0 heterocycles. The van der Waals surface area contributed by atoms with Gasteiger partial charge in [-0.2, -0.15) is 0 Å². The standard InChI is InChI=1S/C19H26O2/c1-3-4-6-13-9-17-12(2)18(20)10-14(17)11-19(21)16-8-5-7-15(13)16/h9,14-16H,3-8,10-11H2,1-2H3/b13-9-/t14-,15-,16-/m1/s1. The second-order valence-electron chi connectivity index (χ2n) is 7.04. The Labute approximate surface area is 127 Å². The van der Waals surface area contributed by atoms with Gasteiger partial charge >= 0.3 is 0 Å². The SMILES string of the molecule is CCCC/C1=C/C2=C(C)C(=O)C[C@@H]2CC(=O)[C@@H]2CCC[C@H]12. The van der Waals surface area contributed by atoms with Crippen LogP contribution in [0.1, 0.15) is 65.2 Å². The monoisotopic (exact) mass is 286 g/mol. The molecule has 1 saturated carbocycles. The Morgan fingerprint density at radius 3 is 2.67 bits per heavy atom. The summed E-state index contributed by atoms with van der Waals surface area (Å²) < 4.78 is 0. The van der Waals surface area contributed by atoms with Crippen molar-refractivity contribution in [3.05, 3.63) is 22.8 Å². The topological polar surface area (TPSA) is 34.1 Å². The van der Waals surface area contributed by atoms with Crippen LogP contribution < -0.4 is 0 Å². The molecule has 3 aliphatic carbocycles. The first-order valence-electron chi connectivity index (χ1n) is 8.59. The molecule has 0 radical (unpaired) electrons. The van der Waals surface area contributed by atoms with Gasteiger partial charge in [0.2, 0.25) is 0 Å². The normalized spacial score (nSPS) is 35.1. The maximum Gasteiger partial charge on any atom is 0.159 e. The molecule has 2 heteroatoms. The Bertz CT molecular complexity index is 524. The fraction of sp³-hybridized carbons (Fsp3) is 0.684. The summed E-state index contributed by atoms with van der Waals surface area (Å²) in [7, 11) is 0. The molecule has 0 saturated heterocycles. The quantitative estimate of drug-likeness (QED) is 0.770. The number of carbonyl (C=O) groups is 2. The van der Waals surface area contributed by atoms with Crippen molar-refractivity contribution in [2.24, 2.45) is 17.8 Å². The highest BCUT2D eigenvalue weighted by Gasteiger charge is 2.40. The smallest absolute Gasteiger partial charge is 0.159 e. The van der Waals surface area contributed by atoms with E-state index in [0.29, 0.717) is 24.5 Å². The average Bonchev–Trinajstić information content (AvgIpc) is 3.02. The van der Waals surface area contributed by atoms with Crippen molar-refractivity contribution in [1.29, 1.82) is 0 Å². The van der Waals surface area contributed by atoms with Crippen molar-refractivity contribution >= 4 is 11.6 Å². The van der Waals surface area contributed by atoms with Gasteiger partial charge in [-0.3, -0.25) is 9.59 Å². The summed E-state index contributed by atoms with van der Waals surface area (Å²) in [6.45, 7) is 4.16. The molecule has 2 nitrogen and oxygen atoms in total. The van der Waals surface area contributed by atoms with E-state index < -0.39 is 0 Å². The summed E-state index contributed by atoms with van der Waals surface area (Å²) in [5.41, 5.74) is 3.56. The maximum atomic E-state index is 12.7. The van der Waals surface area contributed by atoms with E-state index in [1.165, 1.54) is 30.4 Å².